The molecule has 2 rings (SSSR count). The molecule has 9 heteroatoms. The standard InChI is InChI=1S/C13H16N2O6S/c16-13(17)11-5-7-14(8-6-11)22(20,21)9-10-1-3-12(4-2-10)15(18)19/h1-4,11H,5-9H2,(H,16,17). The summed E-state index contributed by atoms with van der Waals surface area (Å²) in [5.74, 6) is -1.64. The second-order valence-corrected chi connectivity index (χ2v) is 7.16. The Balaban J connectivity index is 2.02. The molecular weight excluding hydrogens is 312 g/mol. The number of rotatable bonds is 5. The van der Waals surface area contributed by atoms with Gasteiger partial charge in [-0.05, 0) is 18.4 Å². The minimum absolute atomic E-state index is 0.0941. The third-order valence-corrected chi connectivity index (χ3v) is 5.54. The summed E-state index contributed by atoms with van der Waals surface area (Å²) in [6.07, 6.45) is 0.601. The first-order chi connectivity index (χ1) is 10.3. The first-order valence-corrected chi connectivity index (χ1v) is 8.34. The molecule has 0 atom stereocenters. The third-order valence-electron chi connectivity index (χ3n) is 3.69. The normalized spacial score (nSPS) is 17.3. The van der Waals surface area contributed by atoms with Crippen molar-refractivity contribution in [1.82, 2.24) is 4.31 Å². The molecule has 1 heterocycles. The van der Waals surface area contributed by atoms with E-state index in [9.17, 15) is 23.3 Å². The Hall–Kier alpha value is -2.00. The number of piperidine rings is 1. The van der Waals surface area contributed by atoms with Gasteiger partial charge in [0.25, 0.3) is 5.69 Å². The molecule has 0 aromatic heterocycles. The van der Waals surface area contributed by atoms with Crippen molar-refractivity contribution >= 4 is 21.7 Å². The fraction of sp³-hybridized carbons (Fsp3) is 0.462. The molecule has 1 aliphatic heterocycles. The molecule has 1 saturated heterocycles. The zero-order chi connectivity index (χ0) is 16.3. The van der Waals surface area contributed by atoms with Crippen LogP contribution in [0.5, 0.6) is 0 Å². The largest absolute Gasteiger partial charge is 0.481 e. The maximum absolute atomic E-state index is 12.3. The lowest BCUT2D eigenvalue weighted by molar-refractivity contribution is -0.384. The van der Waals surface area contributed by atoms with Gasteiger partial charge in [-0.15, -0.1) is 0 Å². The highest BCUT2D eigenvalue weighted by Gasteiger charge is 2.31. The average molecular weight is 328 g/mol. The lowest BCUT2D eigenvalue weighted by Crippen LogP contribution is -2.40. The van der Waals surface area contributed by atoms with Gasteiger partial charge in [0.1, 0.15) is 0 Å². The highest BCUT2D eigenvalue weighted by Crippen LogP contribution is 2.22. The number of aliphatic carboxylic acids is 1. The summed E-state index contributed by atoms with van der Waals surface area (Å²) >= 11 is 0. The number of nitro benzene ring substituents is 1. The van der Waals surface area contributed by atoms with Gasteiger partial charge in [0.05, 0.1) is 16.6 Å². The zero-order valence-electron chi connectivity index (χ0n) is 11.7. The third kappa shape index (κ3) is 3.80. The van der Waals surface area contributed by atoms with Crippen molar-refractivity contribution in [2.24, 2.45) is 5.92 Å². The molecular formula is C13H16N2O6S. The first kappa shape index (κ1) is 16.4. The second kappa shape index (κ2) is 6.41. The quantitative estimate of drug-likeness (QED) is 0.641. The van der Waals surface area contributed by atoms with Crippen LogP contribution in [0.2, 0.25) is 0 Å². The lowest BCUT2D eigenvalue weighted by Gasteiger charge is -2.29. The van der Waals surface area contributed by atoms with Gasteiger partial charge in [0, 0.05) is 25.2 Å². The molecule has 0 aliphatic carbocycles. The summed E-state index contributed by atoms with van der Waals surface area (Å²) in [5, 5.41) is 19.5. The Morgan fingerprint density at radius 2 is 1.82 bits per heavy atom. The second-order valence-electron chi connectivity index (χ2n) is 5.19. The van der Waals surface area contributed by atoms with Crippen LogP contribution in [-0.4, -0.2) is 41.8 Å². The van der Waals surface area contributed by atoms with Crippen LogP contribution >= 0.6 is 0 Å². The summed E-state index contributed by atoms with van der Waals surface area (Å²) < 4.78 is 25.9. The monoisotopic (exact) mass is 328 g/mol. The number of sulfonamides is 1. The Kier molecular flexibility index (Phi) is 4.77. The van der Waals surface area contributed by atoms with Crippen LogP contribution in [-0.2, 0) is 20.6 Å². The van der Waals surface area contributed by atoms with Crippen LogP contribution in [0.1, 0.15) is 18.4 Å². The van der Waals surface area contributed by atoms with Crippen molar-refractivity contribution in [3.63, 3.8) is 0 Å². The summed E-state index contributed by atoms with van der Waals surface area (Å²) in [7, 11) is -3.55. The number of benzene rings is 1. The van der Waals surface area contributed by atoms with Crippen molar-refractivity contribution in [1.29, 1.82) is 0 Å². The van der Waals surface area contributed by atoms with Gasteiger partial charge in [-0.3, -0.25) is 14.9 Å². The minimum atomic E-state index is -3.55. The zero-order valence-corrected chi connectivity index (χ0v) is 12.5. The topological polar surface area (TPSA) is 118 Å². The predicted molar refractivity (Wildman–Crippen MR) is 77.7 cm³/mol. The summed E-state index contributed by atoms with van der Waals surface area (Å²) in [5.41, 5.74) is 0.370. The number of non-ortho nitro benzene ring substituents is 1. The average Bonchev–Trinajstić information content (AvgIpc) is 2.47. The van der Waals surface area contributed by atoms with E-state index in [-0.39, 0.29) is 24.5 Å². The molecule has 8 nitrogen and oxygen atoms in total. The molecule has 22 heavy (non-hydrogen) atoms. The molecule has 1 aromatic rings. The number of nitrogens with zero attached hydrogens (tertiary/aromatic N) is 2. The fourth-order valence-electron chi connectivity index (χ4n) is 2.40. The van der Waals surface area contributed by atoms with E-state index in [1.54, 1.807) is 0 Å². The van der Waals surface area contributed by atoms with E-state index < -0.39 is 26.8 Å². The Labute approximate surface area is 127 Å². The number of nitro groups is 1. The molecule has 1 aliphatic rings. The number of hydrogen-bond acceptors (Lipinski definition) is 5. The van der Waals surface area contributed by atoms with Crippen molar-refractivity contribution < 1.29 is 23.2 Å². The molecule has 0 radical (unpaired) electrons. The van der Waals surface area contributed by atoms with E-state index in [0.717, 1.165) is 0 Å². The van der Waals surface area contributed by atoms with Crippen molar-refractivity contribution in [3.8, 4) is 0 Å². The molecule has 0 spiro atoms. The number of carbonyl (C=O) groups is 1. The van der Waals surface area contributed by atoms with Gasteiger partial charge in [-0.1, -0.05) is 12.1 Å². The Morgan fingerprint density at radius 1 is 1.27 bits per heavy atom. The maximum atomic E-state index is 12.3. The van der Waals surface area contributed by atoms with E-state index in [1.165, 1.54) is 28.6 Å². The molecule has 0 bridgehead atoms. The van der Waals surface area contributed by atoms with Gasteiger partial charge in [-0.25, -0.2) is 12.7 Å². The SMILES string of the molecule is O=C(O)C1CCN(S(=O)(=O)Cc2ccc([N+](=O)[O-])cc2)CC1. The van der Waals surface area contributed by atoms with E-state index in [1.807, 2.05) is 0 Å². The van der Waals surface area contributed by atoms with Crippen molar-refractivity contribution in [3.05, 3.63) is 39.9 Å². The van der Waals surface area contributed by atoms with Crippen LogP contribution in [0, 0.1) is 16.0 Å². The molecule has 1 aromatic carbocycles. The summed E-state index contributed by atoms with van der Waals surface area (Å²) in [6.45, 7) is 0.374. The predicted octanol–water partition coefficient (Wildman–Crippen LogP) is 1.22. The molecule has 1 N–H and O–H groups in total. The maximum Gasteiger partial charge on any atom is 0.306 e. The van der Waals surface area contributed by atoms with Gasteiger partial charge in [-0.2, -0.15) is 0 Å². The molecule has 0 saturated carbocycles. The molecule has 1 fully saturated rings. The van der Waals surface area contributed by atoms with Gasteiger partial charge < -0.3 is 5.11 Å². The van der Waals surface area contributed by atoms with Gasteiger partial charge in [0.2, 0.25) is 10.0 Å². The molecule has 120 valence electrons. The number of carboxylic acid groups (broad SMARTS) is 1. The van der Waals surface area contributed by atoms with E-state index in [2.05, 4.69) is 0 Å². The highest BCUT2D eigenvalue weighted by atomic mass is 32.2. The first-order valence-electron chi connectivity index (χ1n) is 6.73. The van der Waals surface area contributed by atoms with E-state index >= 15 is 0 Å². The lowest BCUT2D eigenvalue weighted by atomic mass is 9.99. The smallest absolute Gasteiger partial charge is 0.306 e. The van der Waals surface area contributed by atoms with Crippen molar-refractivity contribution in [2.75, 3.05) is 13.1 Å². The van der Waals surface area contributed by atoms with Crippen molar-refractivity contribution in [2.45, 2.75) is 18.6 Å². The summed E-state index contributed by atoms with van der Waals surface area (Å²) in [6, 6.07) is 5.36. The molecule has 0 unspecified atom stereocenters. The van der Waals surface area contributed by atoms with Crippen LogP contribution in [0.25, 0.3) is 0 Å². The fourth-order valence-corrected chi connectivity index (χ4v) is 3.96. The van der Waals surface area contributed by atoms with Crippen LogP contribution < -0.4 is 0 Å². The highest BCUT2D eigenvalue weighted by molar-refractivity contribution is 7.88. The Morgan fingerprint density at radius 3 is 2.27 bits per heavy atom. The summed E-state index contributed by atoms with van der Waals surface area (Å²) in [4.78, 5) is 20.9. The number of hydrogen-bond donors (Lipinski definition) is 1. The minimum Gasteiger partial charge on any atom is -0.481 e. The van der Waals surface area contributed by atoms with Gasteiger partial charge in [0.15, 0.2) is 0 Å². The van der Waals surface area contributed by atoms with Crippen LogP contribution in [0.15, 0.2) is 24.3 Å². The molecule has 0 amide bonds. The van der Waals surface area contributed by atoms with Crippen LogP contribution in [0.3, 0.4) is 0 Å². The van der Waals surface area contributed by atoms with E-state index in [4.69, 9.17) is 5.11 Å². The van der Waals surface area contributed by atoms with Gasteiger partial charge >= 0.3 is 5.97 Å². The Bertz CT molecular complexity index is 662. The van der Waals surface area contributed by atoms with E-state index in [0.29, 0.717) is 18.4 Å². The number of carboxylic acids is 1. The van der Waals surface area contributed by atoms with Crippen LogP contribution in [0.4, 0.5) is 5.69 Å².